The number of nitrogens with zero attached hydrogens (tertiary/aromatic N) is 1. The van der Waals surface area contributed by atoms with E-state index in [1.54, 1.807) is 0 Å². The molecule has 0 aromatic rings. The Hall–Kier alpha value is -0.190. The average Bonchev–Trinajstić information content (AvgIpc) is 2.67. The fourth-order valence-electron chi connectivity index (χ4n) is 3.29. The molecular weight excluding hydrogens is 397 g/mol. The summed E-state index contributed by atoms with van der Waals surface area (Å²) in [4.78, 5) is 9.67. The van der Waals surface area contributed by atoms with Gasteiger partial charge in [-0.2, -0.15) is 0 Å². The predicted octanol–water partition coefficient (Wildman–Crippen LogP) is 7.25. The van der Waals surface area contributed by atoms with E-state index in [-0.39, 0.29) is 6.61 Å². The lowest BCUT2D eigenvalue weighted by Crippen LogP contribution is -2.35. The van der Waals surface area contributed by atoms with Gasteiger partial charge in [0.15, 0.2) is 0 Å². The summed E-state index contributed by atoms with van der Waals surface area (Å²) in [5.41, 5.74) is 0. The highest BCUT2D eigenvalue weighted by Crippen LogP contribution is 2.43. The molecule has 0 heterocycles. The molecular formula is C24H51NO4P+. The van der Waals surface area contributed by atoms with E-state index in [9.17, 15) is 9.46 Å². The van der Waals surface area contributed by atoms with E-state index < -0.39 is 7.82 Å². The highest BCUT2D eigenvalue weighted by Gasteiger charge is 2.20. The minimum Gasteiger partial charge on any atom is -0.331 e. The molecule has 1 atom stereocenters. The number of quaternary nitrogens is 1. The van der Waals surface area contributed by atoms with E-state index in [1.165, 1.54) is 70.6 Å². The third kappa shape index (κ3) is 24.1. The van der Waals surface area contributed by atoms with Crippen molar-refractivity contribution in [2.45, 2.75) is 103 Å². The van der Waals surface area contributed by atoms with E-state index in [2.05, 4.69) is 40.2 Å². The highest BCUT2D eigenvalue weighted by molar-refractivity contribution is 7.47. The summed E-state index contributed by atoms with van der Waals surface area (Å²) in [5.74, 6) is 0. The highest BCUT2D eigenvalue weighted by atomic mass is 31.2. The molecule has 0 bridgehead atoms. The zero-order valence-electron chi connectivity index (χ0n) is 20.4. The largest absolute Gasteiger partial charge is 0.472 e. The molecule has 0 amide bonds. The average molecular weight is 449 g/mol. The monoisotopic (exact) mass is 448 g/mol. The Balaban J connectivity index is 3.37. The zero-order chi connectivity index (χ0) is 22.6. The zero-order valence-corrected chi connectivity index (χ0v) is 21.3. The molecule has 0 saturated carbocycles. The SMILES string of the molecule is CCCCCCCC/C=C\CCCCCCCCOP(=O)(O)OCCC[N+](C)(C)C. The van der Waals surface area contributed by atoms with Gasteiger partial charge in [0.2, 0.25) is 0 Å². The van der Waals surface area contributed by atoms with Gasteiger partial charge in [0.1, 0.15) is 0 Å². The number of hydrogen-bond acceptors (Lipinski definition) is 3. The van der Waals surface area contributed by atoms with Crippen molar-refractivity contribution in [2.24, 2.45) is 0 Å². The quantitative estimate of drug-likeness (QED) is 0.0820. The van der Waals surface area contributed by atoms with Crippen LogP contribution in [0.1, 0.15) is 103 Å². The molecule has 0 rings (SSSR count). The van der Waals surface area contributed by atoms with Crippen molar-refractivity contribution < 1.29 is 23.0 Å². The lowest BCUT2D eigenvalue weighted by Gasteiger charge is -2.23. The second kappa shape index (κ2) is 19.5. The second-order valence-corrected chi connectivity index (χ2v) is 10.9. The lowest BCUT2D eigenvalue weighted by molar-refractivity contribution is -0.870. The molecule has 0 spiro atoms. The maximum Gasteiger partial charge on any atom is 0.472 e. The molecule has 0 aliphatic rings. The van der Waals surface area contributed by atoms with Crippen LogP contribution in [0.15, 0.2) is 12.2 Å². The molecule has 0 saturated heterocycles. The summed E-state index contributed by atoms with van der Waals surface area (Å²) in [6, 6.07) is 0. The fraction of sp³-hybridized carbons (Fsp3) is 0.917. The Morgan fingerprint density at radius 1 is 0.700 bits per heavy atom. The van der Waals surface area contributed by atoms with Gasteiger partial charge in [-0.25, -0.2) is 4.57 Å². The number of unbranched alkanes of at least 4 members (excludes halogenated alkanes) is 12. The van der Waals surface area contributed by atoms with Crippen LogP contribution in [0.4, 0.5) is 0 Å². The van der Waals surface area contributed by atoms with Crippen LogP contribution in [-0.2, 0) is 13.6 Å². The first kappa shape index (κ1) is 29.8. The third-order valence-electron chi connectivity index (χ3n) is 5.14. The first-order valence-corrected chi connectivity index (χ1v) is 13.8. The van der Waals surface area contributed by atoms with Crippen LogP contribution >= 0.6 is 7.82 Å². The van der Waals surface area contributed by atoms with Crippen molar-refractivity contribution in [2.75, 3.05) is 40.9 Å². The molecule has 1 N–H and O–H groups in total. The molecule has 30 heavy (non-hydrogen) atoms. The van der Waals surface area contributed by atoms with Crippen molar-refractivity contribution in [3.63, 3.8) is 0 Å². The summed E-state index contributed by atoms with van der Waals surface area (Å²) in [6.45, 7) is 3.72. The fourth-order valence-corrected chi connectivity index (χ4v) is 4.08. The number of phosphoric ester groups is 1. The smallest absolute Gasteiger partial charge is 0.331 e. The normalized spacial score (nSPS) is 14.4. The molecule has 0 aromatic carbocycles. The van der Waals surface area contributed by atoms with E-state index in [4.69, 9.17) is 9.05 Å². The minimum atomic E-state index is -3.88. The van der Waals surface area contributed by atoms with Crippen LogP contribution in [0, 0.1) is 0 Å². The van der Waals surface area contributed by atoms with E-state index in [0.29, 0.717) is 6.61 Å². The molecule has 0 aliphatic heterocycles. The summed E-state index contributed by atoms with van der Waals surface area (Å²) in [7, 11) is 2.38. The van der Waals surface area contributed by atoms with Crippen molar-refractivity contribution in [1.29, 1.82) is 0 Å². The van der Waals surface area contributed by atoms with Gasteiger partial charge in [-0.15, -0.1) is 0 Å². The van der Waals surface area contributed by atoms with Gasteiger partial charge in [-0.3, -0.25) is 9.05 Å². The van der Waals surface area contributed by atoms with E-state index in [0.717, 1.165) is 36.7 Å². The third-order valence-corrected chi connectivity index (χ3v) is 6.16. The minimum absolute atomic E-state index is 0.261. The Labute approximate surface area is 187 Å². The van der Waals surface area contributed by atoms with Crippen molar-refractivity contribution in [3.05, 3.63) is 12.2 Å². The first-order chi connectivity index (χ1) is 14.3. The van der Waals surface area contributed by atoms with Crippen LogP contribution in [0.5, 0.6) is 0 Å². The summed E-state index contributed by atoms with van der Waals surface area (Å²) in [5, 5.41) is 0. The number of rotatable bonds is 22. The lowest BCUT2D eigenvalue weighted by atomic mass is 10.1. The van der Waals surface area contributed by atoms with Crippen LogP contribution in [0.25, 0.3) is 0 Å². The Kier molecular flexibility index (Phi) is 19.4. The van der Waals surface area contributed by atoms with Crippen molar-refractivity contribution >= 4 is 7.82 Å². The van der Waals surface area contributed by atoms with Gasteiger partial charge in [-0.1, -0.05) is 76.9 Å². The van der Waals surface area contributed by atoms with Gasteiger partial charge < -0.3 is 9.38 Å². The van der Waals surface area contributed by atoms with Gasteiger partial charge in [-0.05, 0) is 32.1 Å². The summed E-state index contributed by atoms with van der Waals surface area (Å²) >= 11 is 0. The van der Waals surface area contributed by atoms with Crippen molar-refractivity contribution in [3.8, 4) is 0 Å². The van der Waals surface area contributed by atoms with Gasteiger partial charge in [0.05, 0.1) is 40.9 Å². The van der Waals surface area contributed by atoms with Gasteiger partial charge in [0.25, 0.3) is 0 Å². The molecule has 1 unspecified atom stereocenters. The van der Waals surface area contributed by atoms with Gasteiger partial charge >= 0.3 is 7.82 Å². The topological polar surface area (TPSA) is 55.8 Å². The van der Waals surface area contributed by atoms with Crippen LogP contribution < -0.4 is 0 Å². The predicted molar refractivity (Wildman–Crippen MR) is 129 cm³/mol. The number of phosphoric acid groups is 1. The molecule has 0 aliphatic carbocycles. The van der Waals surface area contributed by atoms with Gasteiger partial charge in [0, 0.05) is 6.42 Å². The maximum absolute atomic E-state index is 11.8. The Morgan fingerprint density at radius 2 is 1.13 bits per heavy atom. The second-order valence-electron chi connectivity index (χ2n) is 9.44. The number of hydrogen-bond donors (Lipinski definition) is 1. The summed E-state index contributed by atoms with van der Waals surface area (Å²) in [6.07, 6.45) is 22.8. The molecule has 180 valence electrons. The van der Waals surface area contributed by atoms with Crippen LogP contribution in [0.2, 0.25) is 0 Å². The molecule has 0 fully saturated rings. The Morgan fingerprint density at radius 3 is 1.63 bits per heavy atom. The standard InChI is InChI=1S/C24H50NO4P/c1-5-6-7-8-9-10-11-12-13-14-15-16-17-18-19-20-23-28-30(26,27)29-24-21-22-25(2,3)4/h12-13H,5-11,14-24H2,1-4H3/p+1/b13-12-. The van der Waals surface area contributed by atoms with E-state index in [1.807, 2.05) is 0 Å². The van der Waals surface area contributed by atoms with Crippen molar-refractivity contribution in [1.82, 2.24) is 0 Å². The molecule has 6 heteroatoms. The van der Waals surface area contributed by atoms with E-state index >= 15 is 0 Å². The van der Waals surface area contributed by atoms with Crippen LogP contribution in [0.3, 0.4) is 0 Å². The maximum atomic E-state index is 11.8. The molecule has 5 nitrogen and oxygen atoms in total. The first-order valence-electron chi connectivity index (χ1n) is 12.3. The number of allylic oxidation sites excluding steroid dienone is 2. The van der Waals surface area contributed by atoms with Crippen LogP contribution in [-0.4, -0.2) is 50.3 Å². The molecule has 0 aromatic heterocycles. The molecule has 0 radical (unpaired) electrons. The Bertz CT molecular complexity index is 449. The summed E-state index contributed by atoms with van der Waals surface area (Å²) < 4.78 is 22.7.